The normalized spacial score (nSPS) is 17.3. The average Bonchev–Trinajstić information content (AvgIpc) is 2.50. The van der Waals surface area contributed by atoms with E-state index in [0.717, 1.165) is 31.2 Å². The molecule has 1 saturated carbocycles. The lowest BCUT2D eigenvalue weighted by atomic mass is 9.85. The molecule has 0 atom stereocenters. The van der Waals surface area contributed by atoms with E-state index in [1.807, 2.05) is 0 Å². The Hall–Kier alpha value is -1.40. The zero-order chi connectivity index (χ0) is 16.7. The first-order chi connectivity index (χ1) is 11.0. The third-order valence-corrected chi connectivity index (χ3v) is 4.09. The molecule has 130 valence electrons. The van der Waals surface area contributed by atoms with Crippen molar-refractivity contribution in [3.05, 3.63) is 23.8 Å². The summed E-state index contributed by atoms with van der Waals surface area (Å²) in [5, 5.41) is 13.7. The SMILES string of the molecule is CCOc1cc(CNCC2(O)CCCCC2)ccc1OC(F)F. The maximum Gasteiger partial charge on any atom is 0.387 e. The van der Waals surface area contributed by atoms with Crippen molar-refractivity contribution in [2.75, 3.05) is 13.2 Å². The van der Waals surface area contributed by atoms with Crippen LogP contribution in [0.3, 0.4) is 0 Å². The minimum atomic E-state index is -2.88. The van der Waals surface area contributed by atoms with Gasteiger partial charge in [0.15, 0.2) is 11.5 Å². The quantitative estimate of drug-likeness (QED) is 0.767. The topological polar surface area (TPSA) is 50.7 Å². The minimum absolute atomic E-state index is 0.0384. The van der Waals surface area contributed by atoms with E-state index in [1.165, 1.54) is 12.5 Å². The summed E-state index contributed by atoms with van der Waals surface area (Å²) in [6, 6.07) is 4.90. The summed E-state index contributed by atoms with van der Waals surface area (Å²) in [5.41, 5.74) is 0.272. The van der Waals surface area contributed by atoms with Gasteiger partial charge in [0.05, 0.1) is 12.2 Å². The van der Waals surface area contributed by atoms with E-state index in [1.54, 1.807) is 19.1 Å². The fourth-order valence-electron chi connectivity index (χ4n) is 2.95. The highest BCUT2D eigenvalue weighted by molar-refractivity contribution is 5.43. The lowest BCUT2D eigenvalue weighted by Crippen LogP contribution is -2.41. The average molecular weight is 329 g/mol. The van der Waals surface area contributed by atoms with Crippen molar-refractivity contribution < 1.29 is 23.4 Å². The molecule has 1 aliphatic carbocycles. The summed E-state index contributed by atoms with van der Waals surface area (Å²) in [6.07, 6.45) is 4.96. The summed E-state index contributed by atoms with van der Waals surface area (Å²) >= 11 is 0. The maximum atomic E-state index is 12.4. The summed E-state index contributed by atoms with van der Waals surface area (Å²) in [4.78, 5) is 0. The molecule has 2 N–H and O–H groups in total. The van der Waals surface area contributed by atoms with Crippen molar-refractivity contribution in [1.82, 2.24) is 5.32 Å². The van der Waals surface area contributed by atoms with Gasteiger partial charge in [-0.3, -0.25) is 0 Å². The predicted molar refractivity (Wildman–Crippen MR) is 84.0 cm³/mol. The van der Waals surface area contributed by atoms with Crippen LogP contribution in [0.1, 0.15) is 44.6 Å². The molecule has 0 bridgehead atoms. The van der Waals surface area contributed by atoms with Gasteiger partial charge < -0.3 is 19.9 Å². The number of nitrogens with one attached hydrogen (secondary N) is 1. The fraction of sp³-hybridized carbons (Fsp3) is 0.647. The minimum Gasteiger partial charge on any atom is -0.490 e. The molecule has 0 spiro atoms. The van der Waals surface area contributed by atoms with Crippen LogP contribution in [0.5, 0.6) is 11.5 Å². The molecule has 0 unspecified atom stereocenters. The Bertz CT molecular complexity index is 491. The summed E-state index contributed by atoms with van der Waals surface area (Å²) in [5.74, 6) is 0.347. The van der Waals surface area contributed by atoms with Gasteiger partial charge >= 0.3 is 6.61 Å². The summed E-state index contributed by atoms with van der Waals surface area (Å²) in [7, 11) is 0. The highest BCUT2D eigenvalue weighted by Gasteiger charge is 2.28. The van der Waals surface area contributed by atoms with Crippen LogP contribution in [0.4, 0.5) is 8.78 Å². The third-order valence-electron chi connectivity index (χ3n) is 4.09. The van der Waals surface area contributed by atoms with Crippen molar-refractivity contribution in [3.63, 3.8) is 0 Å². The van der Waals surface area contributed by atoms with E-state index in [0.29, 0.717) is 25.4 Å². The van der Waals surface area contributed by atoms with Gasteiger partial charge in [-0.2, -0.15) is 8.78 Å². The number of rotatable bonds is 8. The molecule has 1 aromatic rings. The van der Waals surface area contributed by atoms with Crippen molar-refractivity contribution in [2.45, 2.75) is 57.8 Å². The van der Waals surface area contributed by atoms with Gasteiger partial charge in [-0.05, 0) is 37.5 Å². The molecule has 0 aliphatic heterocycles. The van der Waals surface area contributed by atoms with Crippen molar-refractivity contribution >= 4 is 0 Å². The first-order valence-electron chi connectivity index (χ1n) is 8.16. The molecule has 1 aliphatic rings. The second-order valence-electron chi connectivity index (χ2n) is 5.98. The summed E-state index contributed by atoms with van der Waals surface area (Å²) in [6.45, 7) is 0.355. The Morgan fingerprint density at radius 1 is 1.22 bits per heavy atom. The Morgan fingerprint density at radius 3 is 2.61 bits per heavy atom. The molecule has 2 rings (SSSR count). The molecule has 1 fully saturated rings. The number of aliphatic hydroxyl groups is 1. The molecule has 0 aromatic heterocycles. The largest absolute Gasteiger partial charge is 0.490 e. The van der Waals surface area contributed by atoms with Crippen LogP contribution >= 0.6 is 0 Å². The molecule has 0 heterocycles. The van der Waals surface area contributed by atoms with E-state index in [-0.39, 0.29) is 5.75 Å². The van der Waals surface area contributed by atoms with Gasteiger partial charge in [0.2, 0.25) is 0 Å². The van der Waals surface area contributed by atoms with E-state index in [9.17, 15) is 13.9 Å². The van der Waals surface area contributed by atoms with Gasteiger partial charge in [-0.1, -0.05) is 25.3 Å². The lowest BCUT2D eigenvalue weighted by molar-refractivity contribution is -0.0514. The van der Waals surface area contributed by atoms with Crippen LogP contribution in [0.15, 0.2) is 18.2 Å². The number of benzene rings is 1. The van der Waals surface area contributed by atoms with Gasteiger partial charge in [-0.15, -0.1) is 0 Å². The van der Waals surface area contributed by atoms with Crippen LogP contribution in [0, 0.1) is 0 Å². The van der Waals surface area contributed by atoms with Crippen LogP contribution in [0.2, 0.25) is 0 Å². The molecule has 23 heavy (non-hydrogen) atoms. The third kappa shape index (κ3) is 5.62. The van der Waals surface area contributed by atoms with Gasteiger partial charge in [-0.25, -0.2) is 0 Å². The molecule has 0 saturated heterocycles. The highest BCUT2D eigenvalue weighted by atomic mass is 19.3. The lowest BCUT2D eigenvalue weighted by Gasteiger charge is -2.32. The smallest absolute Gasteiger partial charge is 0.387 e. The van der Waals surface area contributed by atoms with E-state index < -0.39 is 12.2 Å². The first-order valence-corrected chi connectivity index (χ1v) is 8.16. The van der Waals surface area contributed by atoms with Crippen molar-refractivity contribution in [2.24, 2.45) is 0 Å². The van der Waals surface area contributed by atoms with E-state index >= 15 is 0 Å². The van der Waals surface area contributed by atoms with Crippen molar-refractivity contribution in [3.8, 4) is 11.5 Å². The number of hydrogen-bond acceptors (Lipinski definition) is 4. The summed E-state index contributed by atoms with van der Waals surface area (Å²) < 4.78 is 34.6. The second-order valence-corrected chi connectivity index (χ2v) is 5.98. The fourth-order valence-corrected chi connectivity index (χ4v) is 2.95. The molecule has 4 nitrogen and oxygen atoms in total. The highest BCUT2D eigenvalue weighted by Crippen LogP contribution is 2.30. The molecule has 0 amide bonds. The molecule has 6 heteroatoms. The second kappa shape index (κ2) is 8.45. The zero-order valence-corrected chi connectivity index (χ0v) is 13.5. The van der Waals surface area contributed by atoms with Crippen molar-refractivity contribution in [1.29, 1.82) is 0 Å². The molecular weight excluding hydrogens is 304 g/mol. The van der Waals surface area contributed by atoms with Gasteiger partial charge in [0, 0.05) is 13.1 Å². The zero-order valence-electron chi connectivity index (χ0n) is 13.5. The number of ether oxygens (including phenoxy) is 2. The van der Waals surface area contributed by atoms with Crippen LogP contribution in [-0.2, 0) is 6.54 Å². The Balaban J connectivity index is 1.92. The first kappa shape index (κ1) is 17.9. The number of alkyl halides is 2. The maximum absolute atomic E-state index is 12.4. The Labute approximate surface area is 135 Å². The predicted octanol–water partition coefficient (Wildman–Crippen LogP) is 3.47. The molecule has 0 radical (unpaired) electrons. The van der Waals surface area contributed by atoms with Crippen LogP contribution in [0.25, 0.3) is 0 Å². The van der Waals surface area contributed by atoms with E-state index in [2.05, 4.69) is 10.1 Å². The molecular formula is C17H25F2NO3. The van der Waals surface area contributed by atoms with E-state index in [4.69, 9.17) is 4.74 Å². The standard InChI is InChI=1S/C17H25F2NO3/c1-2-22-15-10-13(6-7-14(15)23-16(18)19)11-20-12-17(21)8-4-3-5-9-17/h6-7,10,16,20-21H,2-5,8-9,11-12H2,1H3. The van der Waals surface area contributed by atoms with Gasteiger partial charge in [0.25, 0.3) is 0 Å². The Kier molecular flexibility index (Phi) is 6.59. The Morgan fingerprint density at radius 2 is 1.96 bits per heavy atom. The van der Waals surface area contributed by atoms with Gasteiger partial charge in [0.1, 0.15) is 0 Å². The van der Waals surface area contributed by atoms with Crippen LogP contribution in [-0.4, -0.2) is 30.5 Å². The van der Waals surface area contributed by atoms with Crippen LogP contribution < -0.4 is 14.8 Å². The number of hydrogen-bond donors (Lipinski definition) is 2. The monoisotopic (exact) mass is 329 g/mol. The number of halogens is 2. The molecule has 1 aromatic carbocycles.